The van der Waals surface area contributed by atoms with Gasteiger partial charge in [0, 0.05) is 0 Å². The molecule has 1 aliphatic carbocycles. The number of Topliss-reactive ketones (excluding diaryl/α,β-unsaturated/α-hetero) is 1. The van der Waals surface area contributed by atoms with Gasteiger partial charge in [0.25, 0.3) is 0 Å². The summed E-state index contributed by atoms with van der Waals surface area (Å²) in [5.74, 6) is 2.75. The lowest BCUT2D eigenvalue weighted by Gasteiger charge is -2.37. The van der Waals surface area contributed by atoms with E-state index in [0.717, 1.165) is 12.2 Å². The molecule has 0 aliphatic heterocycles. The summed E-state index contributed by atoms with van der Waals surface area (Å²) in [6.45, 7) is 8.44. The maximum absolute atomic E-state index is 11.7. The lowest BCUT2D eigenvalue weighted by Crippen LogP contribution is -2.36. The number of ketones is 1. The monoisotopic (exact) mass is 274 g/mol. The summed E-state index contributed by atoms with van der Waals surface area (Å²) in [4.78, 5) is 11.7. The zero-order chi connectivity index (χ0) is 14.7. The van der Waals surface area contributed by atoms with Gasteiger partial charge >= 0.3 is 0 Å². The van der Waals surface area contributed by atoms with Gasteiger partial charge < -0.3 is 4.74 Å². The first kappa shape index (κ1) is 15.1. The van der Waals surface area contributed by atoms with Crippen LogP contribution in [0.5, 0.6) is 5.75 Å². The predicted octanol–water partition coefficient (Wildman–Crippen LogP) is 4.73. The molecule has 1 aliphatic rings. The fourth-order valence-corrected chi connectivity index (χ4v) is 3.27. The highest BCUT2D eigenvalue weighted by molar-refractivity contribution is 5.96. The van der Waals surface area contributed by atoms with Crippen LogP contribution in [0.25, 0.3) is 0 Å². The quantitative estimate of drug-likeness (QED) is 0.742. The summed E-state index contributed by atoms with van der Waals surface area (Å²) in [6, 6.07) is 7.62. The van der Waals surface area contributed by atoms with Gasteiger partial charge in [0.2, 0.25) is 0 Å². The molecular formula is C18H26O2. The van der Waals surface area contributed by atoms with Crippen LogP contribution in [0.1, 0.15) is 57.3 Å². The number of rotatable bonds is 4. The lowest BCUT2D eigenvalue weighted by atomic mass is 9.75. The van der Waals surface area contributed by atoms with Crippen LogP contribution in [-0.4, -0.2) is 11.9 Å². The zero-order valence-corrected chi connectivity index (χ0v) is 13.1. The van der Waals surface area contributed by atoms with Crippen LogP contribution in [0.3, 0.4) is 0 Å². The molecule has 0 heterocycles. The van der Waals surface area contributed by atoms with Gasteiger partial charge in [-0.05, 0) is 49.7 Å². The second kappa shape index (κ2) is 6.43. The molecule has 2 heteroatoms. The van der Waals surface area contributed by atoms with Crippen LogP contribution in [0.4, 0.5) is 0 Å². The zero-order valence-electron chi connectivity index (χ0n) is 13.1. The third kappa shape index (κ3) is 3.41. The molecule has 0 N–H and O–H groups in total. The van der Waals surface area contributed by atoms with E-state index in [1.54, 1.807) is 6.92 Å². The third-order valence-electron chi connectivity index (χ3n) is 4.51. The van der Waals surface area contributed by atoms with Crippen molar-refractivity contribution >= 4 is 5.78 Å². The molecule has 0 radical (unpaired) electrons. The number of para-hydroxylation sites is 1. The van der Waals surface area contributed by atoms with Crippen LogP contribution >= 0.6 is 0 Å². The molecule has 0 saturated heterocycles. The normalized spacial score (nSPS) is 26.6. The van der Waals surface area contributed by atoms with Crippen molar-refractivity contribution in [2.24, 2.45) is 17.8 Å². The van der Waals surface area contributed by atoms with E-state index in [1.165, 1.54) is 12.8 Å². The molecule has 3 atom stereocenters. The van der Waals surface area contributed by atoms with Crippen LogP contribution in [0, 0.1) is 17.8 Å². The van der Waals surface area contributed by atoms with Gasteiger partial charge in [-0.3, -0.25) is 4.79 Å². The molecule has 0 bridgehead atoms. The van der Waals surface area contributed by atoms with Crippen LogP contribution in [0.15, 0.2) is 24.3 Å². The number of benzene rings is 1. The van der Waals surface area contributed by atoms with Gasteiger partial charge in [-0.2, -0.15) is 0 Å². The van der Waals surface area contributed by atoms with Crippen molar-refractivity contribution in [1.29, 1.82) is 0 Å². The average molecular weight is 274 g/mol. The average Bonchev–Trinajstić information content (AvgIpc) is 2.38. The Morgan fingerprint density at radius 2 is 1.95 bits per heavy atom. The van der Waals surface area contributed by atoms with Crippen LogP contribution in [-0.2, 0) is 0 Å². The third-order valence-corrected chi connectivity index (χ3v) is 4.51. The Morgan fingerprint density at radius 3 is 2.60 bits per heavy atom. The summed E-state index contributed by atoms with van der Waals surface area (Å²) < 4.78 is 6.27. The molecule has 1 aromatic carbocycles. The number of hydrogen-bond donors (Lipinski definition) is 0. The van der Waals surface area contributed by atoms with E-state index in [-0.39, 0.29) is 11.9 Å². The van der Waals surface area contributed by atoms with Crippen molar-refractivity contribution < 1.29 is 9.53 Å². The van der Waals surface area contributed by atoms with Gasteiger partial charge in [-0.25, -0.2) is 0 Å². The summed E-state index contributed by atoms with van der Waals surface area (Å²) in [7, 11) is 0. The van der Waals surface area contributed by atoms with Gasteiger partial charge in [0.1, 0.15) is 11.9 Å². The van der Waals surface area contributed by atoms with Crippen molar-refractivity contribution in [2.75, 3.05) is 0 Å². The molecule has 2 rings (SSSR count). The molecule has 3 unspecified atom stereocenters. The first-order chi connectivity index (χ1) is 9.49. The molecular weight excluding hydrogens is 248 g/mol. The van der Waals surface area contributed by atoms with E-state index in [2.05, 4.69) is 20.8 Å². The van der Waals surface area contributed by atoms with E-state index in [4.69, 9.17) is 4.74 Å². The second-order valence-corrected chi connectivity index (χ2v) is 6.53. The molecule has 110 valence electrons. The number of carbonyl (C=O) groups is 1. The Bertz CT molecular complexity index is 464. The van der Waals surface area contributed by atoms with E-state index in [0.29, 0.717) is 23.3 Å². The fourth-order valence-electron chi connectivity index (χ4n) is 3.27. The Hall–Kier alpha value is -1.31. The van der Waals surface area contributed by atoms with Crippen molar-refractivity contribution in [3.05, 3.63) is 29.8 Å². The molecule has 1 aromatic rings. The maximum atomic E-state index is 11.7. The smallest absolute Gasteiger partial charge is 0.163 e. The van der Waals surface area contributed by atoms with E-state index in [9.17, 15) is 4.79 Å². The standard InChI is InChI=1S/C18H26O2/c1-12(2)15-10-9-13(3)11-18(15)20-17-8-6-5-7-16(17)14(4)19/h5-8,12-13,15,18H,9-11H2,1-4H3. The predicted molar refractivity (Wildman–Crippen MR) is 82.2 cm³/mol. The second-order valence-electron chi connectivity index (χ2n) is 6.53. The molecule has 2 nitrogen and oxygen atoms in total. The fraction of sp³-hybridized carbons (Fsp3) is 0.611. The highest BCUT2D eigenvalue weighted by Gasteiger charge is 2.32. The van der Waals surface area contributed by atoms with Gasteiger partial charge in [-0.1, -0.05) is 39.3 Å². The SMILES string of the molecule is CC(=O)c1ccccc1OC1CC(C)CCC1C(C)C. The van der Waals surface area contributed by atoms with Gasteiger partial charge in [0.05, 0.1) is 5.56 Å². The molecule has 1 fully saturated rings. The van der Waals surface area contributed by atoms with Crippen LogP contribution < -0.4 is 4.74 Å². The van der Waals surface area contributed by atoms with E-state index >= 15 is 0 Å². The van der Waals surface area contributed by atoms with Crippen LogP contribution in [0.2, 0.25) is 0 Å². The largest absolute Gasteiger partial charge is 0.489 e. The first-order valence-electron chi connectivity index (χ1n) is 7.75. The Labute approximate surface area is 122 Å². The minimum Gasteiger partial charge on any atom is -0.489 e. The van der Waals surface area contributed by atoms with Crippen molar-refractivity contribution in [3.8, 4) is 5.75 Å². The molecule has 20 heavy (non-hydrogen) atoms. The number of hydrogen-bond acceptors (Lipinski definition) is 2. The van der Waals surface area contributed by atoms with Crippen molar-refractivity contribution in [1.82, 2.24) is 0 Å². The minimum absolute atomic E-state index is 0.0746. The highest BCUT2D eigenvalue weighted by Crippen LogP contribution is 2.36. The summed E-state index contributed by atoms with van der Waals surface area (Å²) in [5, 5.41) is 0. The summed E-state index contributed by atoms with van der Waals surface area (Å²) in [6.07, 6.45) is 3.84. The molecule has 0 spiro atoms. The number of carbonyl (C=O) groups excluding carboxylic acids is 1. The Balaban J connectivity index is 2.20. The topological polar surface area (TPSA) is 26.3 Å². The van der Waals surface area contributed by atoms with Gasteiger partial charge in [0.15, 0.2) is 5.78 Å². The Kier molecular flexibility index (Phi) is 4.85. The molecule has 1 saturated carbocycles. The lowest BCUT2D eigenvalue weighted by molar-refractivity contribution is 0.0452. The van der Waals surface area contributed by atoms with Crippen molar-refractivity contribution in [3.63, 3.8) is 0 Å². The highest BCUT2D eigenvalue weighted by atomic mass is 16.5. The molecule has 0 amide bonds. The Morgan fingerprint density at radius 1 is 1.25 bits per heavy atom. The van der Waals surface area contributed by atoms with E-state index in [1.807, 2.05) is 24.3 Å². The summed E-state index contributed by atoms with van der Waals surface area (Å²) >= 11 is 0. The van der Waals surface area contributed by atoms with E-state index < -0.39 is 0 Å². The van der Waals surface area contributed by atoms with Crippen molar-refractivity contribution in [2.45, 2.75) is 53.1 Å². The number of ether oxygens (including phenoxy) is 1. The maximum Gasteiger partial charge on any atom is 0.163 e. The first-order valence-corrected chi connectivity index (χ1v) is 7.75. The summed E-state index contributed by atoms with van der Waals surface area (Å²) in [5.41, 5.74) is 0.702. The molecule has 0 aromatic heterocycles. The minimum atomic E-state index is 0.0746. The van der Waals surface area contributed by atoms with Gasteiger partial charge in [-0.15, -0.1) is 0 Å².